The van der Waals surface area contributed by atoms with Gasteiger partial charge in [-0.25, -0.2) is 0 Å². The van der Waals surface area contributed by atoms with Crippen LogP contribution in [0.15, 0.2) is 4.52 Å². The molecule has 2 unspecified atom stereocenters. The fourth-order valence-electron chi connectivity index (χ4n) is 2.18. The second kappa shape index (κ2) is 5.80. The number of aromatic nitrogens is 2. The molecule has 5 heteroatoms. The molecular formula is C13H23N3O2. The lowest BCUT2D eigenvalue weighted by Gasteiger charge is -2.30. The van der Waals surface area contributed by atoms with Crippen LogP contribution in [0.5, 0.6) is 0 Å². The molecule has 0 spiro atoms. The minimum Gasteiger partial charge on any atom is -0.367 e. The molecule has 1 aliphatic heterocycles. The van der Waals surface area contributed by atoms with Crippen molar-refractivity contribution in [2.75, 3.05) is 13.2 Å². The number of nitrogens with zero attached hydrogens (tertiary/aromatic N) is 2. The van der Waals surface area contributed by atoms with Crippen molar-refractivity contribution in [3.05, 3.63) is 11.7 Å². The van der Waals surface area contributed by atoms with E-state index in [4.69, 9.17) is 9.26 Å². The van der Waals surface area contributed by atoms with Gasteiger partial charge in [-0.15, -0.1) is 0 Å². The lowest BCUT2D eigenvalue weighted by molar-refractivity contribution is -0.0770. The molecule has 0 aliphatic carbocycles. The van der Waals surface area contributed by atoms with E-state index in [-0.39, 0.29) is 11.6 Å². The van der Waals surface area contributed by atoms with Crippen LogP contribution >= 0.6 is 0 Å². The number of hydrogen-bond acceptors (Lipinski definition) is 5. The van der Waals surface area contributed by atoms with Gasteiger partial charge in [-0.1, -0.05) is 12.1 Å². The van der Waals surface area contributed by atoms with Crippen LogP contribution in [0.3, 0.4) is 0 Å². The normalized spacial score (nSPS) is 26.2. The van der Waals surface area contributed by atoms with Gasteiger partial charge in [-0.3, -0.25) is 0 Å². The van der Waals surface area contributed by atoms with Gasteiger partial charge in [-0.2, -0.15) is 4.98 Å². The minimum absolute atomic E-state index is 0.0957. The van der Waals surface area contributed by atoms with Crippen molar-refractivity contribution in [2.45, 2.75) is 58.1 Å². The third-order valence-electron chi connectivity index (χ3n) is 3.45. The Morgan fingerprint density at radius 3 is 2.94 bits per heavy atom. The summed E-state index contributed by atoms with van der Waals surface area (Å²) in [5.41, 5.74) is -0.371. The molecule has 2 heterocycles. The molecule has 0 bridgehead atoms. The van der Waals surface area contributed by atoms with Gasteiger partial charge in [0.1, 0.15) is 5.60 Å². The van der Waals surface area contributed by atoms with Gasteiger partial charge >= 0.3 is 0 Å². The molecule has 1 fully saturated rings. The Balaban J connectivity index is 2.04. The van der Waals surface area contributed by atoms with E-state index in [1.54, 1.807) is 0 Å². The van der Waals surface area contributed by atoms with Crippen molar-refractivity contribution in [1.82, 2.24) is 15.5 Å². The average Bonchev–Trinajstić information content (AvgIpc) is 2.87. The summed E-state index contributed by atoms with van der Waals surface area (Å²) in [6.45, 7) is 7.95. The fourth-order valence-corrected chi connectivity index (χ4v) is 2.18. The van der Waals surface area contributed by atoms with Crippen LogP contribution < -0.4 is 5.32 Å². The van der Waals surface area contributed by atoms with Crippen LogP contribution in [0.1, 0.15) is 64.2 Å². The molecule has 1 aromatic rings. The SMILES string of the molecule is CCCNC(C)c1nc(C2(C)CCCCO2)no1. The van der Waals surface area contributed by atoms with Crippen LogP contribution in [0.25, 0.3) is 0 Å². The predicted molar refractivity (Wildman–Crippen MR) is 68.2 cm³/mol. The largest absolute Gasteiger partial charge is 0.367 e. The Morgan fingerprint density at radius 2 is 2.28 bits per heavy atom. The summed E-state index contributed by atoms with van der Waals surface area (Å²) in [5, 5.41) is 7.43. The molecule has 0 aromatic carbocycles. The third kappa shape index (κ3) is 2.90. The molecule has 1 N–H and O–H groups in total. The van der Waals surface area contributed by atoms with E-state index in [0.29, 0.717) is 11.7 Å². The van der Waals surface area contributed by atoms with Gasteiger partial charge in [0.05, 0.1) is 6.04 Å². The Kier molecular flexibility index (Phi) is 4.35. The highest BCUT2D eigenvalue weighted by atomic mass is 16.5. The second-order valence-corrected chi connectivity index (χ2v) is 5.17. The zero-order chi connectivity index (χ0) is 13.0. The quantitative estimate of drug-likeness (QED) is 0.873. The summed E-state index contributed by atoms with van der Waals surface area (Å²) >= 11 is 0. The number of rotatable bonds is 5. The van der Waals surface area contributed by atoms with Crippen LogP contribution in [-0.4, -0.2) is 23.3 Å². The van der Waals surface area contributed by atoms with E-state index in [1.807, 2.05) is 13.8 Å². The number of hydrogen-bond donors (Lipinski definition) is 1. The maximum absolute atomic E-state index is 5.82. The summed E-state index contributed by atoms with van der Waals surface area (Å²) in [7, 11) is 0. The number of ether oxygens (including phenoxy) is 1. The molecule has 2 atom stereocenters. The summed E-state index contributed by atoms with van der Waals surface area (Å²) < 4.78 is 11.2. The Morgan fingerprint density at radius 1 is 1.44 bits per heavy atom. The zero-order valence-corrected chi connectivity index (χ0v) is 11.5. The molecule has 1 aliphatic rings. The first-order chi connectivity index (χ1) is 8.65. The van der Waals surface area contributed by atoms with Crippen LogP contribution in [-0.2, 0) is 10.3 Å². The van der Waals surface area contributed by atoms with E-state index < -0.39 is 0 Å². The van der Waals surface area contributed by atoms with Gasteiger partial charge in [-0.05, 0) is 46.1 Å². The molecule has 18 heavy (non-hydrogen) atoms. The Labute approximate surface area is 108 Å². The predicted octanol–water partition coefficient (Wildman–Crippen LogP) is 2.55. The van der Waals surface area contributed by atoms with Crippen LogP contribution in [0.2, 0.25) is 0 Å². The lowest BCUT2D eigenvalue weighted by atomic mass is 9.95. The zero-order valence-electron chi connectivity index (χ0n) is 11.5. The van der Waals surface area contributed by atoms with E-state index >= 15 is 0 Å². The first-order valence-electron chi connectivity index (χ1n) is 6.87. The minimum atomic E-state index is -0.371. The van der Waals surface area contributed by atoms with Crippen LogP contribution in [0, 0.1) is 0 Å². The maximum atomic E-state index is 5.82. The summed E-state index contributed by atoms with van der Waals surface area (Å²) in [5.74, 6) is 1.33. The standard InChI is InChI=1S/C13H23N3O2/c1-4-8-14-10(2)11-15-12(16-18-11)13(3)7-5-6-9-17-13/h10,14H,4-9H2,1-3H3. The van der Waals surface area contributed by atoms with Crippen molar-refractivity contribution >= 4 is 0 Å². The van der Waals surface area contributed by atoms with Crippen molar-refractivity contribution in [1.29, 1.82) is 0 Å². The Hall–Kier alpha value is -0.940. The van der Waals surface area contributed by atoms with Crippen molar-refractivity contribution in [3.63, 3.8) is 0 Å². The Bertz CT molecular complexity index is 372. The summed E-state index contributed by atoms with van der Waals surface area (Å²) in [6, 6.07) is 0.0957. The molecular weight excluding hydrogens is 230 g/mol. The van der Waals surface area contributed by atoms with E-state index in [9.17, 15) is 0 Å². The van der Waals surface area contributed by atoms with Gasteiger partial charge in [0, 0.05) is 6.61 Å². The second-order valence-electron chi connectivity index (χ2n) is 5.17. The lowest BCUT2D eigenvalue weighted by Crippen LogP contribution is -2.31. The molecule has 5 nitrogen and oxygen atoms in total. The van der Waals surface area contributed by atoms with Gasteiger partial charge < -0.3 is 14.6 Å². The first-order valence-corrected chi connectivity index (χ1v) is 6.87. The third-order valence-corrected chi connectivity index (χ3v) is 3.45. The molecule has 2 rings (SSSR count). The number of nitrogens with one attached hydrogen (secondary N) is 1. The summed E-state index contributed by atoms with van der Waals surface area (Å²) in [6.07, 6.45) is 4.33. The van der Waals surface area contributed by atoms with Crippen LogP contribution in [0.4, 0.5) is 0 Å². The fraction of sp³-hybridized carbons (Fsp3) is 0.846. The highest BCUT2D eigenvalue weighted by molar-refractivity contribution is 5.02. The monoisotopic (exact) mass is 253 g/mol. The van der Waals surface area contributed by atoms with Gasteiger partial charge in [0.25, 0.3) is 0 Å². The first kappa shape index (κ1) is 13.5. The molecule has 1 aromatic heterocycles. The van der Waals surface area contributed by atoms with E-state index in [1.165, 1.54) is 0 Å². The van der Waals surface area contributed by atoms with Gasteiger partial charge in [0.2, 0.25) is 11.7 Å². The van der Waals surface area contributed by atoms with Crippen molar-refractivity contribution in [2.24, 2.45) is 0 Å². The van der Waals surface area contributed by atoms with Gasteiger partial charge in [0.15, 0.2) is 0 Å². The highest BCUT2D eigenvalue weighted by Gasteiger charge is 2.35. The van der Waals surface area contributed by atoms with E-state index in [2.05, 4.69) is 22.4 Å². The molecule has 0 amide bonds. The molecule has 0 radical (unpaired) electrons. The summed E-state index contributed by atoms with van der Waals surface area (Å²) in [4.78, 5) is 4.49. The molecule has 1 saturated heterocycles. The van der Waals surface area contributed by atoms with E-state index in [0.717, 1.165) is 38.8 Å². The van der Waals surface area contributed by atoms with Crippen molar-refractivity contribution in [3.8, 4) is 0 Å². The highest BCUT2D eigenvalue weighted by Crippen LogP contribution is 2.33. The van der Waals surface area contributed by atoms with Crippen molar-refractivity contribution < 1.29 is 9.26 Å². The molecule has 102 valence electrons. The molecule has 0 saturated carbocycles. The topological polar surface area (TPSA) is 60.2 Å². The average molecular weight is 253 g/mol. The maximum Gasteiger partial charge on any atom is 0.243 e. The smallest absolute Gasteiger partial charge is 0.243 e.